The third-order valence-corrected chi connectivity index (χ3v) is 5.48. The zero-order valence-corrected chi connectivity index (χ0v) is 13.9. The molecule has 5 nitrogen and oxygen atoms in total. The number of aromatic nitrogens is 1. The van der Waals surface area contributed by atoms with E-state index in [1.165, 1.54) is 11.8 Å². The van der Waals surface area contributed by atoms with E-state index in [0.29, 0.717) is 25.3 Å². The second-order valence-corrected chi connectivity index (χ2v) is 7.68. The Hall–Kier alpha value is -1.08. The van der Waals surface area contributed by atoms with Crippen LogP contribution in [0.4, 0.5) is 0 Å². The van der Waals surface area contributed by atoms with E-state index in [4.69, 9.17) is 0 Å². The quantitative estimate of drug-likeness (QED) is 0.899. The number of rotatable bonds is 5. The van der Waals surface area contributed by atoms with E-state index < -0.39 is 11.4 Å². The molecule has 1 aliphatic heterocycles. The van der Waals surface area contributed by atoms with Gasteiger partial charge in [0, 0.05) is 24.2 Å². The van der Waals surface area contributed by atoms with Crippen molar-refractivity contribution in [3.8, 4) is 0 Å². The fourth-order valence-corrected chi connectivity index (χ4v) is 3.97. The van der Waals surface area contributed by atoms with E-state index in [9.17, 15) is 14.7 Å². The van der Waals surface area contributed by atoms with Crippen molar-refractivity contribution in [3.63, 3.8) is 0 Å². The molecule has 1 N–H and O–H groups in total. The molecular weight excluding hydrogens is 308 g/mol. The van der Waals surface area contributed by atoms with Crippen LogP contribution in [-0.4, -0.2) is 45.7 Å². The fourth-order valence-electron chi connectivity index (χ4n) is 2.44. The Kier molecular flexibility index (Phi) is 5.27. The van der Waals surface area contributed by atoms with Crippen LogP contribution in [0.3, 0.4) is 0 Å². The second-order valence-electron chi connectivity index (χ2n) is 5.64. The van der Waals surface area contributed by atoms with Crippen LogP contribution in [0.5, 0.6) is 0 Å². The molecule has 2 heterocycles. The third-order valence-electron chi connectivity index (χ3n) is 3.71. The van der Waals surface area contributed by atoms with Crippen molar-refractivity contribution in [2.75, 3.05) is 18.8 Å². The lowest BCUT2D eigenvalue weighted by Crippen LogP contribution is -2.48. The van der Waals surface area contributed by atoms with E-state index in [2.05, 4.69) is 4.98 Å². The minimum absolute atomic E-state index is 0.0270. The molecule has 1 fully saturated rings. The molecule has 0 saturated carbocycles. The average Bonchev–Trinajstić information content (AvgIpc) is 2.84. The van der Waals surface area contributed by atoms with Crippen molar-refractivity contribution in [1.29, 1.82) is 0 Å². The number of carboxylic acid groups (broad SMARTS) is 1. The van der Waals surface area contributed by atoms with Crippen molar-refractivity contribution in [3.05, 3.63) is 16.1 Å². The molecule has 1 aliphatic rings. The van der Waals surface area contributed by atoms with E-state index >= 15 is 0 Å². The lowest BCUT2D eigenvalue weighted by Gasteiger charge is -2.37. The number of hydrogen-bond acceptors (Lipinski definition) is 5. The van der Waals surface area contributed by atoms with Gasteiger partial charge in [0.2, 0.25) is 5.91 Å². The summed E-state index contributed by atoms with van der Waals surface area (Å²) in [4.78, 5) is 29.5. The number of amides is 1. The molecule has 1 atom stereocenters. The van der Waals surface area contributed by atoms with Crippen molar-refractivity contribution in [2.45, 2.75) is 32.4 Å². The van der Waals surface area contributed by atoms with Crippen LogP contribution < -0.4 is 0 Å². The van der Waals surface area contributed by atoms with E-state index in [1.807, 2.05) is 12.3 Å². The zero-order chi connectivity index (χ0) is 15.5. The third kappa shape index (κ3) is 4.20. The number of aryl methyl sites for hydroxylation is 1. The molecule has 0 aromatic carbocycles. The van der Waals surface area contributed by atoms with Crippen molar-refractivity contribution >= 4 is 35.0 Å². The maximum atomic E-state index is 12.2. The zero-order valence-electron chi connectivity index (χ0n) is 12.3. The number of carbonyl (C=O) groups is 2. The summed E-state index contributed by atoms with van der Waals surface area (Å²) in [6.07, 6.45) is 1.39. The molecule has 1 aromatic rings. The van der Waals surface area contributed by atoms with Gasteiger partial charge in [-0.2, -0.15) is 0 Å². The highest BCUT2D eigenvalue weighted by atomic mass is 32.2. The highest BCUT2D eigenvalue weighted by Gasteiger charge is 2.39. The Balaban J connectivity index is 1.81. The molecule has 116 valence electrons. The lowest BCUT2D eigenvalue weighted by atomic mass is 9.82. The molecule has 1 amide bonds. The molecule has 7 heteroatoms. The maximum absolute atomic E-state index is 12.2. The number of likely N-dealkylation sites (tertiary alicyclic amines) is 1. The molecule has 21 heavy (non-hydrogen) atoms. The summed E-state index contributed by atoms with van der Waals surface area (Å²) in [5, 5.41) is 12.3. The van der Waals surface area contributed by atoms with E-state index in [0.717, 1.165) is 22.9 Å². The van der Waals surface area contributed by atoms with Crippen LogP contribution >= 0.6 is 23.1 Å². The molecule has 1 aromatic heterocycles. The van der Waals surface area contributed by atoms with Crippen molar-refractivity contribution in [1.82, 2.24) is 9.88 Å². The number of thioether (sulfide) groups is 1. The lowest BCUT2D eigenvalue weighted by molar-refractivity contribution is -0.153. The molecule has 0 spiro atoms. The molecule has 0 radical (unpaired) electrons. The number of nitrogens with zero attached hydrogens (tertiary/aromatic N) is 2. The van der Waals surface area contributed by atoms with Gasteiger partial charge in [0.05, 0.1) is 21.9 Å². The van der Waals surface area contributed by atoms with Gasteiger partial charge in [0.1, 0.15) is 0 Å². The summed E-state index contributed by atoms with van der Waals surface area (Å²) < 4.78 is 0. The summed E-state index contributed by atoms with van der Waals surface area (Å²) in [5.41, 5.74) is 0.203. The maximum Gasteiger partial charge on any atom is 0.311 e. The minimum Gasteiger partial charge on any atom is -0.481 e. The Morgan fingerprint density at radius 2 is 2.33 bits per heavy atom. The standard InChI is InChI=1S/C14H20N2O3S2/c1-10-15-11(7-21-10)6-20-8-12(17)16-5-3-4-14(2,9-16)13(18)19/h7H,3-6,8-9H2,1-2H3,(H,18,19). The average molecular weight is 328 g/mol. The Morgan fingerprint density at radius 3 is 2.95 bits per heavy atom. The van der Waals surface area contributed by atoms with Gasteiger partial charge in [-0.3, -0.25) is 9.59 Å². The van der Waals surface area contributed by atoms with Gasteiger partial charge < -0.3 is 10.0 Å². The van der Waals surface area contributed by atoms with Crippen LogP contribution in [0, 0.1) is 12.3 Å². The highest BCUT2D eigenvalue weighted by Crippen LogP contribution is 2.30. The first-order valence-corrected chi connectivity index (χ1v) is 8.94. The number of aliphatic carboxylic acids is 1. The van der Waals surface area contributed by atoms with Crippen LogP contribution in [0.25, 0.3) is 0 Å². The normalized spacial score (nSPS) is 22.3. The fraction of sp³-hybridized carbons (Fsp3) is 0.643. The van der Waals surface area contributed by atoms with Gasteiger partial charge in [-0.1, -0.05) is 0 Å². The Morgan fingerprint density at radius 1 is 1.57 bits per heavy atom. The monoisotopic (exact) mass is 328 g/mol. The van der Waals surface area contributed by atoms with E-state index in [-0.39, 0.29) is 5.91 Å². The predicted molar refractivity (Wildman–Crippen MR) is 84.6 cm³/mol. The number of carboxylic acids is 1. The van der Waals surface area contributed by atoms with Crippen LogP contribution in [-0.2, 0) is 15.3 Å². The topological polar surface area (TPSA) is 70.5 Å². The van der Waals surface area contributed by atoms with Gasteiger partial charge >= 0.3 is 5.97 Å². The van der Waals surface area contributed by atoms with Gasteiger partial charge in [-0.05, 0) is 26.7 Å². The number of carbonyl (C=O) groups excluding carboxylic acids is 1. The second kappa shape index (κ2) is 6.79. The van der Waals surface area contributed by atoms with Crippen LogP contribution in [0.15, 0.2) is 5.38 Å². The minimum atomic E-state index is -0.814. The van der Waals surface area contributed by atoms with Crippen LogP contribution in [0.1, 0.15) is 30.5 Å². The number of piperidine rings is 1. The summed E-state index contributed by atoms with van der Waals surface area (Å²) in [6, 6.07) is 0. The van der Waals surface area contributed by atoms with Gasteiger partial charge in [0.25, 0.3) is 0 Å². The van der Waals surface area contributed by atoms with Gasteiger partial charge in [0.15, 0.2) is 0 Å². The van der Waals surface area contributed by atoms with Crippen molar-refractivity contribution in [2.24, 2.45) is 5.41 Å². The first kappa shape index (κ1) is 16.3. The van der Waals surface area contributed by atoms with Crippen molar-refractivity contribution < 1.29 is 14.7 Å². The molecule has 1 saturated heterocycles. The smallest absolute Gasteiger partial charge is 0.311 e. The molecular formula is C14H20N2O3S2. The summed E-state index contributed by atoms with van der Waals surface area (Å²) >= 11 is 3.14. The SMILES string of the molecule is Cc1nc(CSCC(=O)N2CCCC(C)(C(=O)O)C2)cs1. The summed E-state index contributed by atoms with van der Waals surface area (Å²) in [6.45, 7) is 4.67. The first-order chi connectivity index (χ1) is 9.90. The Labute approximate surface area is 132 Å². The van der Waals surface area contributed by atoms with Gasteiger partial charge in [-0.25, -0.2) is 4.98 Å². The molecule has 2 rings (SSSR count). The number of thiazole rings is 1. The highest BCUT2D eigenvalue weighted by molar-refractivity contribution is 7.99. The predicted octanol–water partition coefficient (Wildman–Crippen LogP) is 2.40. The summed E-state index contributed by atoms with van der Waals surface area (Å²) in [7, 11) is 0. The largest absolute Gasteiger partial charge is 0.481 e. The first-order valence-electron chi connectivity index (χ1n) is 6.91. The Bertz CT molecular complexity index is 532. The van der Waals surface area contributed by atoms with E-state index in [1.54, 1.807) is 23.2 Å². The number of hydrogen-bond donors (Lipinski definition) is 1. The molecule has 0 bridgehead atoms. The molecule has 1 unspecified atom stereocenters. The summed E-state index contributed by atoms with van der Waals surface area (Å²) in [5.74, 6) is 0.316. The van der Waals surface area contributed by atoms with Gasteiger partial charge in [-0.15, -0.1) is 23.1 Å². The van der Waals surface area contributed by atoms with Crippen LogP contribution in [0.2, 0.25) is 0 Å². The molecule has 0 aliphatic carbocycles.